The molecule has 158 valence electrons. The van der Waals surface area contributed by atoms with E-state index in [2.05, 4.69) is 15.5 Å². The smallest absolute Gasteiger partial charge is 0.297 e. The van der Waals surface area contributed by atoms with Gasteiger partial charge in [0.05, 0.1) is 24.1 Å². The molecule has 0 aliphatic heterocycles. The fourth-order valence-corrected chi connectivity index (χ4v) is 2.91. The Hall–Kier alpha value is -3.71. The van der Waals surface area contributed by atoms with E-state index in [-0.39, 0.29) is 29.3 Å². The number of rotatable bonds is 8. The van der Waals surface area contributed by atoms with E-state index >= 15 is 0 Å². The van der Waals surface area contributed by atoms with Crippen molar-refractivity contribution in [2.24, 2.45) is 10.2 Å². The van der Waals surface area contributed by atoms with Crippen LogP contribution in [-0.4, -0.2) is 36.7 Å². The van der Waals surface area contributed by atoms with Gasteiger partial charge >= 0.3 is 0 Å². The summed E-state index contributed by atoms with van der Waals surface area (Å²) in [6.45, 7) is 1.25. The van der Waals surface area contributed by atoms with Crippen LogP contribution in [0.15, 0.2) is 51.5 Å². The van der Waals surface area contributed by atoms with Crippen molar-refractivity contribution < 1.29 is 32.2 Å². The summed E-state index contributed by atoms with van der Waals surface area (Å²) in [6, 6.07) is 6.95. The second-order valence-corrected chi connectivity index (χ2v) is 7.28. The molecule has 30 heavy (non-hydrogen) atoms. The number of amides is 1. The number of nitro benzene ring substituents is 1. The van der Waals surface area contributed by atoms with Crippen molar-refractivity contribution in [3.05, 3.63) is 46.5 Å². The number of azo groups is 1. The minimum atomic E-state index is -4.83. The van der Waals surface area contributed by atoms with Crippen molar-refractivity contribution in [2.45, 2.75) is 18.2 Å². The second kappa shape index (κ2) is 9.19. The lowest BCUT2D eigenvalue weighted by molar-refractivity contribution is -0.385. The molecule has 12 nitrogen and oxygen atoms in total. The molecule has 13 heteroatoms. The van der Waals surface area contributed by atoms with Crippen molar-refractivity contribution in [1.29, 1.82) is 0 Å². The van der Waals surface area contributed by atoms with Crippen molar-refractivity contribution in [3.8, 4) is 5.75 Å². The Bertz CT molecular complexity index is 1140. The minimum absolute atomic E-state index is 0.0762. The van der Waals surface area contributed by atoms with Crippen LogP contribution in [-0.2, 0) is 19.7 Å². The number of anilines is 1. The SMILES string of the molecule is COc1ccc(N=Nc2ccc([N+](=O)[O-])cc2S(=O)(=O)O)c(NC(=O)CC(C)=O)c1. The number of Topliss-reactive ketones (excluding diaryl/α,β-unsaturated/α-hetero) is 1. The summed E-state index contributed by atoms with van der Waals surface area (Å²) >= 11 is 0. The zero-order valence-corrected chi connectivity index (χ0v) is 16.5. The van der Waals surface area contributed by atoms with Gasteiger partial charge in [0.1, 0.15) is 27.8 Å². The van der Waals surface area contributed by atoms with E-state index in [9.17, 15) is 32.7 Å². The van der Waals surface area contributed by atoms with Crippen LogP contribution in [0.25, 0.3) is 0 Å². The number of nitrogens with zero attached hydrogens (tertiary/aromatic N) is 3. The molecule has 0 bridgehead atoms. The zero-order chi connectivity index (χ0) is 22.5. The number of non-ortho nitro benzene ring substituents is 1. The van der Waals surface area contributed by atoms with Gasteiger partial charge in [-0.15, -0.1) is 10.2 Å². The highest BCUT2D eigenvalue weighted by atomic mass is 32.2. The Morgan fingerprint density at radius 1 is 1.17 bits per heavy atom. The molecule has 0 spiro atoms. The first-order valence-corrected chi connectivity index (χ1v) is 9.60. The third-order valence-electron chi connectivity index (χ3n) is 3.58. The molecule has 0 radical (unpaired) electrons. The minimum Gasteiger partial charge on any atom is -0.497 e. The van der Waals surface area contributed by atoms with Crippen LogP contribution >= 0.6 is 0 Å². The highest BCUT2D eigenvalue weighted by molar-refractivity contribution is 7.86. The van der Waals surface area contributed by atoms with Gasteiger partial charge in [-0.1, -0.05) is 0 Å². The average molecular weight is 436 g/mol. The molecule has 0 atom stereocenters. The van der Waals surface area contributed by atoms with Crippen molar-refractivity contribution in [3.63, 3.8) is 0 Å². The molecular formula is C17H16N4O8S. The first-order chi connectivity index (χ1) is 14.0. The van der Waals surface area contributed by atoms with Crippen LogP contribution in [0.5, 0.6) is 5.75 Å². The lowest BCUT2D eigenvalue weighted by atomic mass is 10.2. The topological polar surface area (TPSA) is 178 Å². The number of ether oxygens (including phenoxy) is 1. The molecule has 0 fully saturated rings. The van der Waals surface area contributed by atoms with Crippen LogP contribution in [0, 0.1) is 10.1 Å². The molecule has 0 heterocycles. The van der Waals surface area contributed by atoms with E-state index in [0.717, 1.165) is 12.1 Å². The molecular weight excluding hydrogens is 420 g/mol. The largest absolute Gasteiger partial charge is 0.497 e. The van der Waals surface area contributed by atoms with Gasteiger partial charge in [-0.2, -0.15) is 8.42 Å². The number of carbonyl (C=O) groups excluding carboxylic acids is 2. The van der Waals surface area contributed by atoms with Gasteiger partial charge in [-0.25, -0.2) is 0 Å². The van der Waals surface area contributed by atoms with Gasteiger partial charge in [0, 0.05) is 18.2 Å². The Kier molecular flexibility index (Phi) is 6.92. The van der Waals surface area contributed by atoms with Crippen molar-refractivity contribution in [2.75, 3.05) is 12.4 Å². The standard InChI is InChI=1S/C17H16N4O8S/c1-10(22)7-17(23)18-15-9-12(29-2)4-6-13(15)19-20-14-5-3-11(21(24)25)8-16(14)30(26,27)28/h3-6,8-9H,7H2,1-2H3,(H,18,23)(H,26,27,28). The Labute approximate surface area is 170 Å². The van der Waals surface area contributed by atoms with Crippen molar-refractivity contribution in [1.82, 2.24) is 0 Å². The summed E-state index contributed by atoms with van der Waals surface area (Å²) in [6.07, 6.45) is -0.372. The molecule has 2 rings (SSSR count). The molecule has 0 aliphatic carbocycles. The van der Waals surface area contributed by atoms with E-state index in [0.29, 0.717) is 11.8 Å². The first kappa shape index (κ1) is 22.6. The van der Waals surface area contributed by atoms with E-state index in [1.165, 1.54) is 32.2 Å². The monoisotopic (exact) mass is 436 g/mol. The number of hydrogen-bond donors (Lipinski definition) is 2. The molecule has 0 aliphatic rings. The first-order valence-electron chi connectivity index (χ1n) is 8.16. The molecule has 0 saturated carbocycles. The Balaban J connectivity index is 2.48. The predicted molar refractivity (Wildman–Crippen MR) is 104 cm³/mol. The zero-order valence-electron chi connectivity index (χ0n) is 15.7. The molecule has 2 aromatic rings. The van der Waals surface area contributed by atoms with Crippen LogP contribution in [0.2, 0.25) is 0 Å². The number of hydrogen-bond acceptors (Lipinski definition) is 9. The van der Waals surface area contributed by atoms with Gasteiger partial charge in [0.25, 0.3) is 15.8 Å². The number of ketones is 1. The van der Waals surface area contributed by atoms with E-state index < -0.39 is 31.5 Å². The lowest BCUT2D eigenvalue weighted by Crippen LogP contribution is -2.14. The maximum Gasteiger partial charge on any atom is 0.297 e. The van der Waals surface area contributed by atoms with Crippen molar-refractivity contribution >= 4 is 44.6 Å². The summed E-state index contributed by atoms with van der Waals surface area (Å²) in [4.78, 5) is 32.2. The van der Waals surface area contributed by atoms with E-state index in [4.69, 9.17) is 4.74 Å². The third kappa shape index (κ3) is 5.89. The van der Waals surface area contributed by atoms with Crippen LogP contribution in [0.3, 0.4) is 0 Å². The number of methoxy groups -OCH3 is 1. The summed E-state index contributed by atoms with van der Waals surface area (Å²) in [5.74, 6) is -0.607. The van der Waals surface area contributed by atoms with Crippen LogP contribution in [0.4, 0.5) is 22.7 Å². The number of nitrogens with one attached hydrogen (secondary N) is 1. The van der Waals surface area contributed by atoms with Gasteiger partial charge < -0.3 is 10.1 Å². The highest BCUT2D eigenvalue weighted by Gasteiger charge is 2.20. The number of carbonyl (C=O) groups is 2. The van der Waals surface area contributed by atoms with Gasteiger partial charge in [0.15, 0.2) is 0 Å². The average Bonchev–Trinajstić information content (AvgIpc) is 2.65. The summed E-state index contributed by atoms with van der Waals surface area (Å²) in [5, 5.41) is 20.9. The molecule has 0 aromatic heterocycles. The third-order valence-corrected chi connectivity index (χ3v) is 4.47. The molecule has 1 amide bonds. The fraction of sp³-hybridized carbons (Fsp3) is 0.176. The Morgan fingerprint density at radius 3 is 2.37 bits per heavy atom. The lowest BCUT2D eigenvalue weighted by Gasteiger charge is -2.09. The fourth-order valence-electron chi connectivity index (χ4n) is 2.26. The molecule has 2 aromatic carbocycles. The Morgan fingerprint density at radius 2 is 1.80 bits per heavy atom. The summed E-state index contributed by atoms with van der Waals surface area (Å²) < 4.78 is 37.5. The highest BCUT2D eigenvalue weighted by Crippen LogP contribution is 2.34. The molecule has 0 saturated heterocycles. The van der Waals surface area contributed by atoms with Crippen LogP contribution in [0.1, 0.15) is 13.3 Å². The van der Waals surface area contributed by atoms with Gasteiger partial charge in [-0.05, 0) is 25.1 Å². The van der Waals surface area contributed by atoms with Gasteiger partial charge in [0.2, 0.25) is 5.91 Å². The maximum absolute atomic E-state index is 11.9. The van der Waals surface area contributed by atoms with E-state index in [1.54, 1.807) is 0 Å². The van der Waals surface area contributed by atoms with Crippen LogP contribution < -0.4 is 10.1 Å². The maximum atomic E-state index is 11.9. The number of nitro groups is 1. The summed E-state index contributed by atoms with van der Waals surface area (Å²) in [7, 11) is -3.44. The predicted octanol–water partition coefficient (Wildman–Crippen LogP) is 3.18. The summed E-state index contributed by atoms with van der Waals surface area (Å²) in [5.41, 5.74) is -0.727. The van der Waals surface area contributed by atoms with Gasteiger partial charge in [-0.3, -0.25) is 24.3 Å². The molecule has 2 N–H and O–H groups in total. The normalized spacial score (nSPS) is 11.3. The number of benzene rings is 2. The van der Waals surface area contributed by atoms with E-state index in [1.807, 2.05) is 0 Å². The second-order valence-electron chi connectivity index (χ2n) is 5.89. The molecule has 0 unspecified atom stereocenters. The quantitative estimate of drug-likeness (QED) is 0.208.